The molecule has 0 spiro atoms. The van der Waals surface area contributed by atoms with Crippen LogP contribution in [0.1, 0.15) is 11.3 Å². The van der Waals surface area contributed by atoms with Gasteiger partial charge in [0.2, 0.25) is 5.96 Å². The van der Waals surface area contributed by atoms with Gasteiger partial charge in [-0.05, 0) is 25.7 Å². The first-order valence-electron chi connectivity index (χ1n) is 7.71. The molecule has 2 rings (SSSR count). The molecule has 1 heterocycles. The summed E-state index contributed by atoms with van der Waals surface area (Å²) in [4.78, 5) is 6.10. The largest absolute Gasteiger partial charge is 0.467 e. The Hall–Kier alpha value is -2.17. The van der Waals surface area contributed by atoms with Gasteiger partial charge in [0.25, 0.3) is 0 Å². The molecule has 1 aromatic heterocycles. The van der Waals surface area contributed by atoms with Crippen LogP contribution in [0.15, 0.2) is 33.9 Å². The maximum absolute atomic E-state index is 8.57. The summed E-state index contributed by atoms with van der Waals surface area (Å²) in [6.07, 6.45) is 3.67. The predicted octanol–water partition coefficient (Wildman–Crippen LogP) is 2.37. The molecular formula is C17H23N5OS. The predicted molar refractivity (Wildman–Crippen MR) is 99.9 cm³/mol. The Labute approximate surface area is 146 Å². The zero-order valence-corrected chi connectivity index (χ0v) is 15.1. The lowest BCUT2D eigenvalue weighted by atomic mass is 10.1. The number of rotatable bonds is 7. The number of nitrogens with zero attached hydrogens (tertiary/aromatic N) is 3. The third-order valence-corrected chi connectivity index (χ3v) is 4.37. The number of nitriles is 1. The molecule has 7 heteroatoms. The van der Waals surface area contributed by atoms with Crippen molar-refractivity contribution in [2.75, 3.05) is 33.4 Å². The smallest absolute Gasteiger partial charge is 0.204 e. The van der Waals surface area contributed by atoms with E-state index in [0.717, 1.165) is 35.7 Å². The van der Waals surface area contributed by atoms with Gasteiger partial charge in [0.05, 0.1) is 12.0 Å². The second-order valence-electron chi connectivity index (χ2n) is 5.61. The van der Waals surface area contributed by atoms with Crippen molar-refractivity contribution >= 4 is 28.5 Å². The molecule has 0 bridgehead atoms. The number of hydrogen-bond acceptors (Lipinski definition) is 5. The molecular weight excluding hydrogens is 322 g/mol. The van der Waals surface area contributed by atoms with E-state index in [4.69, 9.17) is 9.68 Å². The Morgan fingerprint density at radius 1 is 1.42 bits per heavy atom. The van der Waals surface area contributed by atoms with Crippen molar-refractivity contribution in [3.05, 3.63) is 35.8 Å². The molecule has 0 aliphatic carbocycles. The van der Waals surface area contributed by atoms with Crippen LogP contribution in [0.5, 0.6) is 0 Å². The van der Waals surface area contributed by atoms with Crippen LogP contribution in [0.4, 0.5) is 0 Å². The van der Waals surface area contributed by atoms with E-state index >= 15 is 0 Å². The highest BCUT2D eigenvalue weighted by Gasteiger charge is 2.08. The van der Waals surface area contributed by atoms with Gasteiger partial charge in [-0.3, -0.25) is 10.3 Å². The summed E-state index contributed by atoms with van der Waals surface area (Å²) < 4.78 is 5.73. The standard InChI is InChI=1S/C17H23N5OS/c1-19-17(21-12-18)20-6-7-24-11-16-15-8-13(9-22(2)3)4-5-14(15)10-23-16/h4-5,8,10H,6-7,9,11H2,1-3H3,(H2,19,20,21). The van der Waals surface area contributed by atoms with Gasteiger partial charge < -0.3 is 14.6 Å². The Kier molecular flexibility index (Phi) is 6.97. The molecule has 0 amide bonds. The SMILES string of the molecule is CN=C(NC#N)NCCSCc1occ2ccc(CN(C)C)cc12. The molecule has 24 heavy (non-hydrogen) atoms. The maximum Gasteiger partial charge on any atom is 0.204 e. The molecule has 0 saturated heterocycles. The lowest BCUT2D eigenvalue weighted by molar-refractivity contribution is 0.403. The minimum absolute atomic E-state index is 0.495. The Bertz CT molecular complexity index is 732. The van der Waals surface area contributed by atoms with Crippen molar-refractivity contribution in [2.45, 2.75) is 12.3 Å². The van der Waals surface area contributed by atoms with Crippen molar-refractivity contribution in [2.24, 2.45) is 4.99 Å². The minimum Gasteiger partial charge on any atom is -0.467 e. The van der Waals surface area contributed by atoms with E-state index < -0.39 is 0 Å². The van der Waals surface area contributed by atoms with Gasteiger partial charge in [-0.2, -0.15) is 17.0 Å². The van der Waals surface area contributed by atoms with Crippen LogP contribution < -0.4 is 10.6 Å². The summed E-state index contributed by atoms with van der Waals surface area (Å²) in [5.41, 5.74) is 1.29. The summed E-state index contributed by atoms with van der Waals surface area (Å²) in [5, 5.41) is 16.5. The van der Waals surface area contributed by atoms with Gasteiger partial charge in [0.1, 0.15) is 5.76 Å². The first-order chi connectivity index (χ1) is 11.6. The van der Waals surface area contributed by atoms with E-state index in [9.17, 15) is 0 Å². The average molecular weight is 345 g/mol. The number of hydrogen-bond donors (Lipinski definition) is 2. The summed E-state index contributed by atoms with van der Waals surface area (Å²) in [7, 11) is 5.77. The average Bonchev–Trinajstić information content (AvgIpc) is 2.95. The summed E-state index contributed by atoms with van der Waals surface area (Å²) in [5.74, 6) is 3.22. The molecule has 0 aliphatic rings. The van der Waals surface area contributed by atoms with E-state index in [2.05, 4.69) is 52.8 Å². The van der Waals surface area contributed by atoms with E-state index in [-0.39, 0.29) is 0 Å². The third-order valence-electron chi connectivity index (χ3n) is 3.41. The first kappa shape index (κ1) is 18.2. The van der Waals surface area contributed by atoms with Gasteiger partial charge in [0.15, 0.2) is 6.19 Å². The first-order valence-corrected chi connectivity index (χ1v) is 8.86. The normalized spacial score (nSPS) is 11.7. The Morgan fingerprint density at radius 3 is 2.96 bits per heavy atom. The fourth-order valence-corrected chi connectivity index (χ4v) is 3.16. The van der Waals surface area contributed by atoms with Crippen LogP contribution in [-0.4, -0.2) is 44.3 Å². The summed E-state index contributed by atoms with van der Waals surface area (Å²) >= 11 is 1.78. The highest BCUT2D eigenvalue weighted by molar-refractivity contribution is 7.98. The highest BCUT2D eigenvalue weighted by atomic mass is 32.2. The maximum atomic E-state index is 8.57. The van der Waals surface area contributed by atoms with Gasteiger partial charge in [-0.15, -0.1) is 0 Å². The topological polar surface area (TPSA) is 76.6 Å². The summed E-state index contributed by atoms with van der Waals surface area (Å²) in [6.45, 7) is 1.65. The van der Waals surface area contributed by atoms with Crippen LogP contribution in [0.2, 0.25) is 0 Å². The lowest BCUT2D eigenvalue weighted by Gasteiger charge is -2.09. The van der Waals surface area contributed by atoms with Crippen LogP contribution in [-0.2, 0) is 12.3 Å². The van der Waals surface area contributed by atoms with Gasteiger partial charge in [-0.25, -0.2) is 0 Å². The molecule has 2 N–H and O–H groups in total. The minimum atomic E-state index is 0.495. The number of aliphatic imine (C=N–C) groups is 1. The molecule has 0 atom stereocenters. The van der Waals surface area contributed by atoms with Crippen LogP contribution in [0.3, 0.4) is 0 Å². The molecule has 0 fully saturated rings. The molecule has 2 aromatic rings. The van der Waals surface area contributed by atoms with Crippen molar-refractivity contribution in [3.63, 3.8) is 0 Å². The number of benzene rings is 1. The number of fused-ring (bicyclic) bond motifs is 1. The van der Waals surface area contributed by atoms with Crippen molar-refractivity contribution in [1.29, 1.82) is 5.26 Å². The van der Waals surface area contributed by atoms with E-state index in [1.165, 1.54) is 10.9 Å². The zero-order chi connectivity index (χ0) is 17.4. The van der Waals surface area contributed by atoms with Gasteiger partial charge in [-0.1, -0.05) is 12.1 Å². The summed E-state index contributed by atoms with van der Waals surface area (Å²) in [6, 6.07) is 6.48. The molecule has 0 radical (unpaired) electrons. The van der Waals surface area contributed by atoms with E-state index in [1.807, 2.05) is 12.5 Å². The third kappa shape index (κ3) is 5.18. The monoisotopic (exact) mass is 345 g/mol. The van der Waals surface area contributed by atoms with Gasteiger partial charge in [0, 0.05) is 36.7 Å². The molecule has 128 valence electrons. The number of thioether (sulfide) groups is 1. The fraction of sp³-hybridized carbons (Fsp3) is 0.412. The van der Waals surface area contributed by atoms with Crippen molar-refractivity contribution in [3.8, 4) is 6.19 Å². The number of guanidine groups is 1. The second-order valence-corrected chi connectivity index (χ2v) is 6.71. The number of furan rings is 1. The molecule has 0 saturated carbocycles. The molecule has 0 unspecified atom stereocenters. The Morgan fingerprint density at radius 2 is 2.25 bits per heavy atom. The van der Waals surface area contributed by atoms with Crippen LogP contribution >= 0.6 is 11.8 Å². The quantitative estimate of drug-likeness (QED) is 0.264. The van der Waals surface area contributed by atoms with E-state index in [1.54, 1.807) is 18.8 Å². The highest BCUT2D eigenvalue weighted by Crippen LogP contribution is 2.26. The van der Waals surface area contributed by atoms with Crippen molar-refractivity contribution < 1.29 is 4.42 Å². The van der Waals surface area contributed by atoms with Gasteiger partial charge >= 0.3 is 0 Å². The van der Waals surface area contributed by atoms with E-state index in [0.29, 0.717) is 5.96 Å². The molecule has 0 aliphatic heterocycles. The second kappa shape index (κ2) is 9.21. The zero-order valence-electron chi connectivity index (χ0n) is 14.3. The van der Waals surface area contributed by atoms with Crippen LogP contribution in [0, 0.1) is 11.5 Å². The molecule has 6 nitrogen and oxygen atoms in total. The van der Waals surface area contributed by atoms with Crippen LogP contribution in [0.25, 0.3) is 10.8 Å². The lowest BCUT2D eigenvalue weighted by Crippen LogP contribution is -2.35. The fourth-order valence-electron chi connectivity index (χ4n) is 2.36. The van der Waals surface area contributed by atoms with Crippen molar-refractivity contribution in [1.82, 2.24) is 15.5 Å². The molecule has 1 aromatic carbocycles. The number of nitrogens with one attached hydrogen (secondary N) is 2. The Balaban J connectivity index is 1.87.